The van der Waals surface area contributed by atoms with Gasteiger partial charge in [0.1, 0.15) is 17.4 Å². The summed E-state index contributed by atoms with van der Waals surface area (Å²) in [6.45, 7) is 3.25. The number of benzene rings is 2. The highest BCUT2D eigenvalue weighted by Gasteiger charge is 2.08. The van der Waals surface area contributed by atoms with Gasteiger partial charge in [-0.2, -0.15) is 5.26 Å². The van der Waals surface area contributed by atoms with E-state index >= 15 is 0 Å². The maximum atomic E-state index is 12.2. The van der Waals surface area contributed by atoms with E-state index in [4.69, 9.17) is 4.74 Å². The molecule has 0 spiro atoms. The average molecular weight is 348 g/mol. The first-order valence-electron chi connectivity index (χ1n) is 8.89. The second kappa shape index (κ2) is 10.7. The Hall–Kier alpha value is -3.06. The molecule has 2 aromatic rings. The summed E-state index contributed by atoms with van der Waals surface area (Å²) in [6, 6.07) is 19.0. The van der Waals surface area contributed by atoms with Crippen molar-refractivity contribution in [1.29, 1.82) is 5.26 Å². The molecule has 134 valence electrons. The van der Waals surface area contributed by atoms with Crippen molar-refractivity contribution in [2.75, 3.05) is 6.61 Å². The third kappa shape index (κ3) is 6.45. The van der Waals surface area contributed by atoms with E-state index in [1.54, 1.807) is 6.08 Å². The fraction of sp³-hybridized carbons (Fsp3) is 0.273. The number of carbonyl (C=O) groups is 1. The molecule has 2 aromatic carbocycles. The van der Waals surface area contributed by atoms with Crippen molar-refractivity contribution in [2.24, 2.45) is 0 Å². The quantitative estimate of drug-likeness (QED) is 0.413. The maximum Gasteiger partial charge on any atom is 0.262 e. The van der Waals surface area contributed by atoms with E-state index in [1.807, 2.05) is 60.7 Å². The molecule has 0 fully saturated rings. The minimum Gasteiger partial charge on any atom is -0.494 e. The lowest BCUT2D eigenvalue weighted by Gasteiger charge is -2.06. The lowest BCUT2D eigenvalue weighted by Crippen LogP contribution is -2.23. The van der Waals surface area contributed by atoms with Crippen LogP contribution in [0, 0.1) is 11.3 Å². The summed E-state index contributed by atoms with van der Waals surface area (Å²) >= 11 is 0. The predicted molar refractivity (Wildman–Crippen MR) is 103 cm³/mol. The summed E-state index contributed by atoms with van der Waals surface area (Å²) in [6.07, 6.45) is 4.94. The molecule has 4 nitrogen and oxygen atoms in total. The zero-order valence-electron chi connectivity index (χ0n) is 15.1. The van der Waals surface area contributed by atoms with Gasteiger partial charge in [0.2, 0.25) is 0 Å². The summed E-state index contributed by atoms with van der Waals surface area (Å²) in [4.78, 5) is 12.2. The Morgan fingerprint density at radius 2 is 1.85 bits per heavy atom. The van der Waals surface area contributed by atoms with Gasteiger partial charge in [-0.3, -0.25) is 4.79 Å². The van der Waals surface area contributed by atoms with Crippen molar-refractivity contribution >= 4 is 12.0 Å². The third-order valence-corrected chi connectivity index (χ3v) is 3.87. The lowest BCUT2D eigenvalue weighted by atomic mass is 10.1. The molecular weight excluding hydrogens is 324 g/mol. The zero-order valence-corrected chi connectivity index (χ0v) is 15.1. The van der Waals surface area contributed by atoms with Crippen molar-refractivity contribution in [3.8, 4) is 11.8 Å². The van der Waals surface area contributed by atoms with E-state index in [0.717, 1.165) is 36.1 Å². The molecule has 4 heteroatoms. The zero-order chi connectivity index (χ0) is 18.6. The normalized spacial score (nSPS) is 10.8. The molecule has 0 aliphatic heterocycles. The Labute approximate surface area is 155 Å². The van der Waals surface area contributed by atoms with Gasteiger partial charge in [0, 0.05) is 6.54 Å². The lowest BCUT2D eigenvalue weighted by molar-refractivity contribution is -0.117. The van der Waals surface area contributed by atoms with Crippen LogP contribution in [0.1, 0.15) is 37.3 Å². The van der Waals surface area contributed by atoms with E-state index in [9.17, 15) is 10.1 Å². The van der Waals surface area contributed by atoms with Gasteiger partial charge in [0.05, 0.1) is 6.61 Å². The summed E-state index contributed by atoms with van der Waals surface area (Å²) in [5, 5.41) is 12.0. The van der Waals surface area contributed by atoms with Crippen molar-refractivity contribution < 1.29 is 9.53 Å². The van der Waals surface area contributed by atoms with Crippen LogP contribution >= 0.6 is 0 Å². The molecule has 0 radical (unpaired) electrons. The highest BCUT2D eigenvalue weighted by atomic mass is 16.5. The molecule has 0 heterocycles. The van der Waals surface area contributed by atoms with Crippen LogP contribution in [0.2, 0.25) is 0 Å². The van der Waals surface area contributed by atoms with Crippen LogP contribution in [-0.2, 0) is 11.3 Å². The summed E-state index contributed by atoms with van der Waals surface area (Å²) in [7, 11) is 0. The maximum absolute atomic E-state index is 12.2. The Balaban J connectivity index is 1.92. The van der Waals surface area contributed by atoms with Crippen LogP contribution in [0.5, 0.6) is 5.75 Å². The minimum absolute atomic E-state index is 0.0811. The minimum atomic E-state index is -0.378. The molecule has 0 aliphatic rings. The van der Waals surface area contributed by atoms with Gasteiger partial charge in [0.15, 0.2) is 0 Å². The number of carbonyl (C=O) groups excluding carboxylic acids is 1. The molecule has 0 bridgehead atoms. The topological polar surface area (TPSA) is 62.1 Å². The van der Waals surface area contributed by atoms with Crippen molar-refractivity contribution in [3.63, 3.8) is 0 Å². The third-order valence-electron chi connectivity index (χ3n) is 3.87. The highest BCUT2D eigenvalue weighted by molar-refractivity contribution is 6.01. The van der Waals surface area contributed by atoms with E-state index in [2.05, 4.69) is 12.2 Å². The number of hydrogen-bond acceptors (Lipinski definition) is 3. The van der Waals surface area contributed by atoms with Crippen molar-refractivity contribution in [1.82, 2.24) is 5.32 Å². The predicted octanol–water partition coefficient (Wildman–Crippen LogP) is 4.48. The average Bonchev–Trinajstić information content (AvgIpc) is 2.69. The van der Waals surface area contributed by atoms with Crippen molar-refractivity contribution in [3.05, 3.63) is 71.3 Å². The van der Waals surface area contributed by atoms with Crippen LogP contribution in [0.25, 0.3) is 6.08 Å². The number of rotatable bonds is 9. The van der Waals surface area contributed by atoms with E-state index in [-0.39, 0.29) is 11.5 Å². The van der Waals surface area contributed by atoms with Gasteiger partial charge in [-0.1, -0.05) is 62.2 Å². The highest BCUT2D eigenvalue weighted by Crippen LogP contribution is 2.15. The molecule has 1 N–H and O–H groups in total. The number of nitriles is 1. The van der Waals surface area contributed by atoms with Gasteiger partial charge >= 0.3 is 0 Å². The van der Waals surface area contributed by atoms with Crippen molar-refractivity contribution in [2.45, 2.75) is 32.7 Å². The molecule has 0 aromatic heterocycles. The summed E-state index contributed by atoms with van der Waals surface area (Å²) in [5.41, 5.74) is 1.86. The van der Waals surface area contributed by atoms with Crippen LogP contribution in [-0.4, -0.2) is 12.5 Å². The molecule has 0 unspecified atom stereocenters. The fourth-order valence-electron chi connectivity index (χ4n) is 2.39. The first-order chi connectivity index (χ1) is 12.7. The van der Waals surface area contributed by atoms with Gasteiger partial charge in [-0.25, -0.2) is 0 Å². The Kier molecular flexibility index (Phi) is 7.95. The molecule has 0 aliphatic carbocycles. The summed E-state index contributed by atoms with van der Waals surface area (Å²) in [5.74, 6) is 0.418. The number of nitrogens with one attached hydrogen (secondary N) is 1. The molecule has 2 rings (SSSR count). The Bertz CT molecular complexity index is 759. The number of unbranched alkanes of at least 4 members (excludes halogenated alkanes) is 2. The Morgan fingerprint density at radius 3 is 2.50 bits per heavy atom. The SMILES string of the molecule is CCCCCOc1ccc(/C=C(\C#N)C(=O)NCc2ccccc2)cc1. The van der Waals surface area contributed by atoms with Crippen LogP contribution in [0.15, 0.2) is 60.2 Å². The molecule has 1 amide bonds. The monoisotopic (exact) mass is 348 g/mol. The molecule has 0 atom stereocenters. The molecule has 26 heavy (non-hydrogen) atoms. The number of amides is 1. The van der Waals surface area contributed by atoms with E-state index < -0.39 is 0 Å². The first kappa shape index (κ1) is 19.3. The smallest absolute Gasteiger partial charge is 0.262 e. The van der Waals surface area contributed by atoms with Gasteiger partial charge in [-0.15, -0.1) is 0 Å². The second-order valence-electron chi connectivity index (χ2n) is 5.96. The first-order valence-corrected chi connectivity index (χ1v) is 8.89. The standard InChI is InChI=1S/C22H24N2O2/c1-2-3-7-14-26-21-12-10-18(11-13-21)15-20(16-23)22(25)24-17-19-8-5-4-6-9-19/h4-6,8-13,15H,2-3,7,14,17H2,1H3,(H,24,25)/b20-15+. The van der Waals surface area contributed by atoms with Gasteiger partial charge in [0.25, 0.3) is 5.91 Å². The largest absolute Gasteiger partial charge is 0.494 e. The summed E-state index contributed by atoms with van der Waals surface area (Å²) < 4.78 is 5.66. The van der Waals surface area contributed by atoms with E-state index in [0.29, 0.717) is 13.2 Å². The molecule has 0 saturated heterocycles. The number of hydrogen-bond donors (Lipinski definition) is 1. The van der Waals surface area contributed by atoms with Crippen LogP contribution < -0.4 is 10.1 Å². The van der Waals surface area contributed by atoms with Gasteiger partial charge in [-0.05, 0) is 35.8 Å². The number of ether oxygens (including phenoxy) is 1. The number of nitrogens with zero attached hydrogens (tertiary/aromatic N) is 1. The molecular formula is C22H24N2O2. The van der Waals surface area contributed by atoms with Crippen LogP contribution in [0.4, 0.5) is 0 Å². The van der Waals surface area contributed by atoms with Crippen LogP contribution in [0.3, 0.4) is 0 Å². The molecule has 0 saturated carbocycles. The Morgan fingerprint density at radius 1 is 1.12 bits per heavy atom. The van der Waals surface area contributed by atoms with Gasteiger partial charge < -0.3 is 10.1 Å². The second-order valence-corrected chi connectivity index (χ2v) is 5.96. The van der Waals surface area contributed by atoms with E-state index in [1.165, 1.54) is 0 Å². The fourth-order valence-corrected chi connectivity index (χ4v) is 2.39.